The van der Waals surface area contributed by atoms with Crippen LogP contribution in [0.5, 0.6) is 0 Å². The molecule has 0 radical (unpaired) electrons. The first-order chi connectivity index (χ1) is 8.27. The van der Waals surface area contributed by atoms with Crippen molar-refractivity contribution in [3.8, 4) is 0 Å². The molecule has 0 amide bonds. The van der Waals surface area contributed by atoms with E-state index in [0.29, 0.717) is 6.04 Å². The van der Waals surface area contributed by atoms with Crippen LogP contribution in [0.25, 0.3) is 0 Å². The topological polar surface area (TPSA) is 12.5 Å². The third kappa shape index (κ3) is 4.14. The third-order valence-corrected chi connectivity index (χ3v) is 3.15. The zero-order valence-electron chi connectivity index (χ0n) is 11.6. The third-order valence-electron chi connectivity index (χ3n) is 3.15. The highest BCUT2D eigenvalue weighted by atomic mass is 16.5. The molecule has 1 unspecified atom stereocenters. The van der Waals surface area contributed by atoms with Crippen LogP contribution in [-0.2, 0) is 4.74 Å². The number of rotatable bonds is 2. The van der Waals surface area contributed by atoms with E-state index in [2.05, 4.69) is 43.0 Å². The molecule has 0 N–H and O–H groups in total. The van der Waals surface area contributed by atoms with E-state index in [1.54, 1.807) is 0 Å². The Labute approximate surface area is 106 Å². The Morgan fingerprint density at radius 2 is 1.59 bits per heavy atom. The average molecular weight is 235 g/mol. The van der Waals surface area contributed by atoms with E-state index in [9.17, 15) is 0 Å². The Morgan fingerprint density at radius 1 is 1.06 bits per heavy atom. The van der Waals surface area contributed by atoms with E-state index in [0.717, 1.165) is 26.3 Å². The molecule has 1 fully saturated rings. The monoisotopic (exact) mass is 235 g/mol. The number of hydrogen-bond donors (Lipinski definition) is 0. The number of ether oxygens (including phenoxy) is 1. The highest BCUT2D eigenvalue weighted by molar-refractivity contribution is 5.23. The van der Waals surface area contributed by atoms with E-state index in [1.807, 2.05) is 13.8 Å². The minimum atomic E-state index is 0.509. The standard InChI is InChI=1S/C13H19NO.C2H6/c1-11-3-5-13(6-4-11)12(2)14-7-9-15-10-8-14;1-2/h3-6,12H,7-10H2,1-2H3;1-2H3. The van der Waals surface area contributed by atoms with Crippen molar-refractivity contribution in [2.75, 3.05) is 26.3 Å². The molecule has 2 heteroatoms. The second-order valence-electron chi connectivity index (χ2n) is 4.23. The molecule has 2 nitrogen and oxygen atoms in total. The molecule has 0 spiro atoms. The molecule has 0 bridgehead atoms. The van der Waals surface area contributed by atoms with Gasteiger partial charge in [0.1, 0.15) is 0 Å². The summed E-state index contributed by atoms with van der Waals surface area (Å²) in [6.45, 7) is 12.2. The van der Waals surface area contributed by atoms with Gasteiger partial charge < -0.3 is 4.74 Å². The van der Waals surface area contributed by atoms with Crippen LogP contribution in [-0.4, -0.2) is 31.2 Å². The fourth-order valence-corrected chi connectivity index (χ4v) is 2.02. The van der Waals surface area contributed by atoms with Crippen molar-refractivity contribution in [2.45, 2.75) is 33.7 Å². The molecular formula is C15H25NO. The minimum absolute atomic E-state index is 0.509. The zero-order chi connectivity index (χ0) is 12.7. The normalized spacial score (nSPS) is 18.1. The first-order valence-electron chi connectivity index (χ1n) is 6.66. The Hall–Kier alpha value is -0.860. The summed E-state index contributed by atoms with van der Waals surface area (Å²) in [6, 6.07) is 9.35. The number of hydrogen-bond acceptors (Lipinski definition) is 2. The lowest BCUT2D eigenvalue weighted by Gasteiger charge is -2.32. The summed E-state index contributed by atoms with van der Waals surface area (Å²) < 4.78 is 5.36. The molecule has 1 atom stereocenters. The average Bonchev–Trinajstić information content (AvgIpc) is 2.42. The molecule has 1 aliphatic rings. The van der Waals surface area contributed by atoms with Gasteiger partial charge in [-0.3, -0.25) is 4.90 Å². The molecule has 1 aliphatic heterocycles. The summed E-state index contributed by atoms with van der Waals surface area (Å²) in [6.07, 6.45) is 0. The van der Waals surface area contributed by atoms with Crippen molar-refractivity contribution in [3.63, 3.8) is 0 Å². The molecule has 1 saturated heterocycles. The summed E-state index contributed by atoms with van der Waals surface area (Å²) in [4.78, 5) is 2.48. The lowest BCUT2D eigenvalue weighted by Crippen LogP contribution is -2.37. The van der Waals surface area contributed by atoms with Crippen molar-refractivity contribution in [2.24, 2.45) is 0 Å². The van der Waals surface area contributed by atoms with Gasteiger partial charge >= 0.3 is 0 Å². The maximum atomic E-state index is 5.36. The molecule has 1 aromatic carbocycles. The molecule has 0 aromatic heterocycles. The second kappa shape index (κ2) is 7.46. The van der Waals surface area contributed by atoms with Crippen molar-refractivity contribution in [1.29, 1.82) is 0 Å². The van der Waals surface area contributed by atoms with E-state index >= 15 is 0 Å². The molecule has 96 valence electrons. The summed E-state index contributed by atoms with van der Waals surface area (Å²) in [7, 11) is 0. The summed E-state index contributed by atoms with van der Waals surface area (Å²) >= 11 is 0. The molecule has 2 rings (SSSR count). The van der Waals surface area contributed by atoms with Gasteiger partial charge in [0, 0.05) is 19.1 Å². The Bertz CT molecular complexity index is 301. The molecule has 0 saturated carbocycles. The van der Waals surface area contributed by atoms with Gasteiger partial charge in [0.25, 0.3) is 0 Å². The molecule has 0 aliphatic carbocycles. The van der Waals surface area contributed by atoms with Crippen molar-refractivity contribution in [1.82, 2.24) is 4.90 Å². The van der Waals surface area contributed by atoms with Crippen LogP contribution in [0.15, 0.2) is 24.3 Å². The predicted molar refractivity (Wildman–Crippen MR) is 73.3 cm³/mol. The molecule has 17 heavy (non-hydrogen) atoms. The van der Waals surface area contributed by atoms with Crippen LogP contribution < -0.4 is 0 Å². The smallest absolute Gasteiger partial charge is 0.0594 e. The van der Waals surface area contributed by atoms with Gasteiger partial charge in [-0.25, -0.2) is 0 Å². The largest absolute Gasteiger partial charge is 0.379 e. The van der Waals surface area contributed by atoms with Gasteiger partial charge in [0.2, 0.25) is 0 Å². The maximum absolute atomic E-state index is 5.36. The van der Waals surface area contributed by atoms with Crippen LogP contribution in [0, 0.1) is 6.92 Å². The summed E-state index contributed by atoms with van der Waals surface area (Å²) in [5.41, 5.74) is 2.73. The SMILES string of the molecule is CC.Cc1ccc(C(C)N2CCOCC2)cc1. The number of nitrogens with zero attached hydrogens (tertiary/aromatic N) is 1. The number of aryl methyl sites for hydroxylation is 1. The fraction of sp³-hybridized carbons (Fsp3) is 0.600. The van der Waals surface area contributed by atoms with Gasteiger partial charge in [0.15, 0.2) is 0 Å². The van der Waals surface area contributed by atoms with Crippen LogP contribution in [0.4, 0.5) is 0 Å². The van der Waals surface area contributed by atoms with Crippen LogP contribution in [0.3, 0.4) is 0 Å². The van der Waals surface area contributed by atoms with Gasteiger partial charge in [-0.2, -0.15) is 0 Å². The van der Waals surface area contributed by atoms with Crippen molar-refractivity contribution in [3.05, 3.63) is 35.4 Å². The molecular weight excluding hydrogens is 210 g/mol. The van der Waals surface area contributed by atoms with Crippen LogP contribution >= 0.6 is 0 Å². The van der Waals surface area contributed by atoms with Crippen LogP contribution in [0.2, 0.25) is 0 Å². The van der Waals surface area contributed by atoms with Gasteiger partial charge in [-0.1, -0.05) is 43.7 Å². The maximum Gasteiger partial charge on any atom is 0.0594 e. The minimum Gasteiger partial charge on any atom is -0.379 e. The summed E-state index contributed by atoms with van der Waals surface area (Å²) in [5.74, 6) is 0. The number of benzene rings is 1. The van der Waals surface area contributed by atoms with Crippen LogP contribution in [0.1, 0.15) is 37.9 Å². The van der Waals surface area contributed by atoms with Gasteiger partial charge in [0.05, 0.1) is 13.2 Å². The number of morpholine rings is 1. The Balaban J connectivity index is 0.000000686. The quantitative estimate of drug-likeness (QED) is 0.779. The summed E-state index contributed by atoms with van der Waals surface area (Å²) in [5, 5.41) is 0. The highest BCUT2D eigenvalue weighted by Gasteiger charge is 2.17. The Morgan fingerprint density at radius 3 is 2.12 bits per heavy atom. The molecule has 1 aromatic rings. The lowest BCUT2D eigenvalue weighted by atomic mass is 10.1. The van der Waals surface area contributed by atoms with E-state index in [1.165, 1.54) is 11.1 Å². The highest BCUT2D eigenvalue weighted by Crippen LogP contribution is 2.21. The fourth-order valence-electron chi connectivity index (χ4n) is 2.02. The van der Waals surface area contributed by atoms with E-state index in [-0.39, 0.29) is 0 Å². The van der Waals surface area contributed by atoms with E-state index < -0.39 is 0 Å². The van der Waals surface area contributed by atoms with E-state index in [4.69, 9.17) is 4.74 Å². The zero-order valence-corrected chi connectivity index (χ0v) is 11.6. The lowest BCUT2D eigenvalue weighted by molar-refractivity contribution is 0.0198. The van der Waals surface area contributed by atoms with Gasteiger partial charge in [-0.15, -0.1) is 0 Å². The first kappa shape index (κ1) is 14.2. The second-order valence-corrected chi connectivity index (χ2v) is 4.23. The van der Waals surface area contributed by atoms with Gasteiger partial charge in [-0.05, 0) is 19.4 Å². The predicted octanol–water partition coefficient (Wildman–Crippen LogP) is 3.41. The molecule has 1 heterocycles. The Kier molecular flexibility index (Phi) is 6.23. The van der Waals surface area contributed by atoms with Crippen molar-refractivity contribution >= 4 is 0 Å². The first-order valence-corrected chi connectivity index (χ1v) is 6.66. The van der Waals surface area contributed by atoms with Crippen molar-refractivity contribution < 1.29 is 4.74 Å².